The number of benzene rings is 2. The van der Waals surface area contributed by atoms with Crippen LogP contribution in [0.1, 0.15) is 20.7 Å². The highest BCUT2D eigenvalue weighted by Gasteiger charge is 2.25. The Hall–Kier alpha value is -3.02. The summed E-state index contributed by atoms with van der Waals surface area (Å²) >= 11 is 0. The second-order valence-corrected chi connectivity index (χ2v) is 6.05. The van der Waals surface area contributed by atoms with Gasteiger partial charge in [0, 0.05) is 37.3 Å². The lowest BCUT2D eigenvalue weighted by molar-refractivity contribution is 0.0535. The minimum Gasteiger partial charge on any atom is -0.497 e. The molecule has 0 atom stereocenters. The van der Waals surface area contributed by atoms with Crippen molar-refractivity contribution in [3.05, 3.63) is 59.7 Å². The predicted octanol–water partition coefficient (Wildman–Crippen LogP) is 2.30. The Morgan fingerprint density at radius 1 is 0.731 bits per heavy atom. The summed E-state index contributed by atoms with van der Waals surface area (Å²) in [6.45, 7) is 2.02. The molecule has 1 aliphatic rings. The molecule has 6 nitrogen and oxygen atoms in total. The summed E-state index contributed by atoms with van der Waals surface area (Å²) in [4.78, 5) is 28.8. The van der Waals surface area contributed by atoms with Gasteiger partial charge in [0.25, 0.3) is 11.8 Å². The van der Waals surface area contributed by atoms with E-state index in [9.17, 15) is 9.59 Å². The highest BCUT2D eigenvalue weighted by Crippen LogP contribution is 2.18. The first-order valence-corrected chi connectivity index (χ1v) is 8.49. The maximum atomic E-state index is 12.6. The SMILES string of the molecule is COc1cccc(C(=O)N2CCN(C(=O)c3cccc(OC)c3)CC2)c1. The van der Waals surface area contributed by atoms with E-state index in [4.69, 9.17) is 9.47 Å². The molecule has 1 heterocycles. The molecule has 6 heteroatoms. The van der Waals surface area contributed by atoms with E-state index in [2.05, 4.69) is 0 Å². The Labute approximate surface area is 152 Å². The molecule has 2 amide bonds. The molecular weight excluding hydrogens is 332 g/mol. The number of methoxy groups -OCH3 is 2. The molecular formula is C20H22N2O4. The molecule has 2 aromatic rings. The molecule has 0 N–H and O–H groups in total. The van der Waals surface area contributed by atoms with Crippen molar-refractivity contribution in [3.63, 3.8) is 0 Å². The molecule has 0 unspecified atom stereocenters. The monoisotopic (exact) mass is 354 g/mol. The van der Waals surface area contributed by atoms with E-state index in [1.165, 1.54) is 0 Å². The van der Waals surface area contributed by atoms with Crippen LogP contribution in [-0.4, -0.2) is 62.0 Å². The third-order valence-electron chi connectivity index (χ3n) is 4.49. The van der Waals surface area contributed by atoms with Crippen LogP contribution in [0.2, 0.25) is 0 Å². The quantitative estimate of drug-likeness (QED) is 0.845. The standard InChI is InChI=1S/C20H22N2O4/c1-25-17-7-3-5-15(13-17)19(23)21-9-11-22(12-10-21)20(24)16-6-4-8-18(14-16)26-2/h3-8,13-14H,9-12H2,1-2H3. The lowest BCUT2D eigenvalue weighted by Crippen LogP contribution is -2.50. The fourth-order valence-electron chi connectivity index (χ4n) is 2.99. The number of piperazine rings is 1. The van der Waals surface area contributed by atoms with Crippen molar-refractivity contribution in [3.8, 4) is 11.5 Å². The zero-order valence-corrected chi connectivity index (χ0v) is 15.0. The average Bonchev–Trinajstić information content (AvgIpc) is 2.72. The number of carbonyl (C=O) groups is 2. The number of carbonyl (C=O) groups excluding carboxylic acids is 2. The van der Waals surface area contributed by atoms with Gasteiger partial charge < -0.3 is 19.3 Å². The fraction of sp³-hybridized carbons (Fsp3) is 0.300. The first-order valence-electron chi connectivity index (χ1n) is 8.49. The third kappa shape index (κ3) is 3.79. The number of nitrogens with zero attached hydrogens (tertiary/aromatic N) is 2. The van der Waals surface area contributed by atoms with E-state index in [1.807, 2.05) is 12.1 Å². The Morgan fingerprint density at radius 3 is 1.46 bits per heavy atom. The summed E-state index contributed by atoms with van der Waals surface area (Å²) in [5, 5.41) is 0. The van der Waals surface area contributed by atoms with Crippen LogP contribution in [0.4, 0.5) is 0 Å². The normalized spacial score (nSPS) is 14.1. The van der Waals surface area contributed by atoms with Gasteiger partial charge in [-0.2, -0.15) is 0 Å². The van der Waals surface area contributed by atoms with Crippen LogP contribution in [-0.2, 0) is 0 Å². The Balaban J connectivity index is 1.63. The Bertz CT molecular complexity index is 730. The van der Waals surface area contributed by atoms with Gasteiger partial charge in [0.05, 0.1) is 14.2 Å². The second kappa shape index (κ2) is 7.91. The fourth-order valence-corrected chi connectivity index (χ4v) is 2.99. The minimum atomic E-state index is -0.0441. The highest BCUT2D eigenvalue weighted by atomic mass is 16.5. The Morgan fingerprint density at radius 2 is 1.12 bits per heavy atom. The van der Waals surface area contributed by atoms with Crippen molar-refractivity contribution in [1.29, 1.82) is 0 Å². The zero-order valence-electron chi connectivity index (χ0n) is 15.0. The first-order chi connectivity index (χ1) is 12.6. The van der Waals surface area contributed by atoms with Crippen LogP contribution in [0.15, 0.2) is 48.5 Å². The van der Waals surface area contributed by atoms with Gasteiger partial charge in [-0.25, -0.2) is 0 Å². The van der Waals surface area contributed by atoms with E-state index >= 15 is 0 Å². The maximum absolute atomic E-state index is 12.6. The van der Waals surface area contributed by atoms with Crippen LogP contribution < -0.4 is 9.47 Å². The Kier molecular flexibility index (Phi) is 5.41. The average molecular weight is 354 g/mol. The van der Waals surface area contributed by atoms with Crippen molar-refractivity contribution in [2.75, 3.05) is 40.4 Å². The summed E-state index contributed by atoms with van der Waals surface area (Å²) in [7, 11) is 3.15. The molecule has 2 aromatic carbocycles. The minimum absolute atomic E-state index is 0.0441. The molecule has 0 aliphatic carbocycles. The van der Waals surface area contributed by atoms with Crippen molar-refractivity contribution < 1.29 is 19.1 Å². The van der Waals surface area contributed by atoms with Gasteiger partial charge in [-0.05, 0) is 36.4 Å². The van der Waals surface area contributed by atoms with Gasteiger partial charge in [0.1, 0.15) is 11.5 Å². The van der Waals surface area contributed by atoms with Crippen molar-refractivity contribution in [2.24, 2.45) is 0 Å². The van der Waals surface area contributed by atoms with Crippen LogP contribution in [0, 0.1) is 0 Å². The van der Waals surface area contributed by atoms with E-state index in [1.54, 1.807) is 60.4 Å². The molecule has 136 valence electrons. The number of rotatable bonds is 4. The van der Waals surface area contributed by atoms with E-state index in [0.29, 0.717) is 48.8 Å². The first kappa shape index (κ1) is 17.8. The van der Waals surface area contributed by atoms with Gasteiger partial charge in [-0.3, -0.25) is 9.59 Å². The van der Waals surface area contributed by atoms with Gasteiger partial charge in [-0.1, -0.05) is 12.1 Å². The number of ether oxygens (including phenoxy) is 2. The number of hydrogen-bond donors (Lipinski definition) is 0. The lowest BCUT2D eigenvalue weighted by Gasteiger charge is -2.35. The molecule has 3 rings (SSSR count). The van der Waals surface area contributed by atoms with Gasteiger partial charge >= 0.3 is 0 Å². The van der Waals surface area contributed by atoms with Crippen LogP contribution in [0.25, 0.3) is 0 Å². The molecule has 26 heavy (non-hydrogen) atoms. The number of amides is 2. The summed E-state index contributed by atoms with van der Waals surface area (Å²) in [6.07, 6.45) is 0. The van der Waals surface area contributed by atoms with Crippen LogP contribution in [0.3, 0.4) is 0 Å². The van der Waals surface area contributed by atoms with Crippen molar-refractivity contribution in [2.45, 2.75) is 0 Å². The number of hydrogen-bond acceptors (Lipinski definition) is 4. The van der Waals surface area contributed by atoms with Gasteiger partial charge in [-0.15, -0.1) is 0 Å². The molecule has 0 spiro atoms. The van der Waals surface area contributed by atoms with E-state index in [0.717, 1.165) is 0 Å². The third-order valence-corrected chi connectivity index (χ3v) is 4.49. The summed E-state index contributed by atoms with van der Waals surface area (Å²) in [6, 6.07) is 14.2. The molecule has 0 aromatic heterocycles. The van der Waals surface area contributed by atoms with Crippen LogP contribution >= 0.6 is 0 Å². The molecule has 1 saturated heterocycles. The molecule has 1 aliphatic heterocycles. The predicted molar refractivity (Wildman–Crippen MR) is 97.8 cm³/mol. The molecule has 0 bridgehead atoms. The summed E-state index contributed by atoms with van der Waals surface area (Å²) in [5.41, 5.74) is 1.19. The molecule has 0 saturated carbocycles. The second-order valence-electron chi connectivity index (χ2n) is 6.05. The molecule has 0 radical (unpaired) electrons. The topological polar surface area (TPSA) is 59.1 Å². The van der Waals surface area contributed by atoms with Crippen LogP contribution in [0.5, 0.6) is 11.5 Å². The largest absolute Gasteiger partial charge is 0.497 e. The maximum Gasteiger partial charge on any atom is 0.254 e. The lowest BCUT2D eigenvalue weighted by atomic mass is 10.1. The van der Waals surface area contributed by atoms with Crippen molar-refractivity contribution in [1.82, 2.24) is 9.80 Å². The van der Waals surface area contributed by atoms with Gasteiger partial charge in [0.2, 0.25) is 0 Å². The molecule has 1 fully saturated rings. The summed E-state index contributed by atoms with van der Waals surface area (Å²) in [5.74, 6) is 1.22. The highest BCUT2D eigenvalue weighted by molar-refractivity contribution is 5.96. The van der Waals surface area contributed by atoms with Crippen molar-refractivity contribution >= 4 is 11.8 Å². The zero-order chi connectivity index (χ0) is 18.5. The smallest absolute Gasteiger partial charge is 0.254 e. The summed E-state index contributed by atoms with van der Waals surface area (Å²) < 4.78 is 10.3. The van der Waals surface area contributed by atoms with E-state index in [-0.39, 0.29) is 11.8 Å². The van der Waals surface area contributed by atoms with E-state index < -0.39 is 0 Å². The van der Waals surface area contributed by atoms with Gasteiger partial charge in [0.15, 0.2) is 0 Å².